The van der Waals surface area contributed by atoms with Gasteiger partial charge >= 0.3 is 5.97 Å². The Labute approximate surface area is 182 Å². The molecule has 9 nitrogen and oxygen atoms in total. The molecule has 3 unspecified atom stereocenters. The minimum Gasteiger partial charge on any atom is -0.462 e. The van der Waals surface area contributed by atoms with Crippen molar-refractivity contribution >= 4 is 23.7 Å². The normalized spacial score (nSPS) is 29.1. The number of nitrogens with one attached hydrogen (secondary N) is 1. The first kappa shape index (κ1) is 21.6. The lowest BCUT2D eigenvalue weighted by Crippen LogP contribution is -2.57. The Kier molecular flexibility index (Phi) is 6.20. The summed E-state index contributed by atoms with van der Waals surface area (Å²) in [6.45, 7) is 4.09. The molecular formula is C22H32N4O5. The Morgan fingerprint density at radius 3 is 2.42 bits per heavy atom. The Balaban J connectivity index is 1.56. The average Bonchev–Trinajstić information content (AvgIpc) is 3.22. The second kappa shape index (κ2) is 8.88. The molecule has 1 aliphatic carbocycles. The molecule has 1 saturated carbocycles. The maximum absolute atomic E-state index is 13.2. The number of ether oxygens (including phenoxy) is 1. The first-order valence-electron chi connectivity index (χ1n) is 11.4. The van der Waals surface area contributed by atoms with E-state index < -0.39 is 12.0 Å². The van der Waals surface area contributed by atoms with Gasteiger partial charge < -0.3 is 24.8 Å². The molecule has 3 fully saturated rings. The lowest BCUT2D eigenvalue weighted by atomic mass is 9.76. The van der Waals surface area contributed by atoms with Crippen molar-refractivity contribution in [3.05, 3.63) is 11.3 Å². The van der Waals surface area contributed by atoms with E-state index in [1.165, 1.54) is 0 Å². The zero-order valence-corrected chi connectivity index (χ0v) is 18.4. The number of carbonyl (C=O) groups is 4. The van der Waals surface area contributed by atoms with Gasteiger partial charge in [-0.1, -0.05) is 12.8 Å². The number of rotatable bonds is 4. The molecule has 4 rings (SSSR count). The molecule has 4 aliphatic rings. The largest absolute Gasteiger partial charge is 0.462 e. The van der Waals surface area contributed by atoms with Crippen molar-refractivity contribution in [2.45, 2.75) is 57.5 Å². The van der Waals surface area contributed by atoms with Gasteiger partial charge in [0.05, 0.1) is 6.61 Å². The predicted molar refractivity (Wildman–Crippen MR) is 111 cm³/mol. The molecule has 0 radical (unpaired) electrons. The molecule has 31 heavy (non-hydrogen) atoms. The number of likely N-dealkylation sites (N-methyl/N-ethyl adjacent to an activating group) is 1. The van der Waals surface area contributed by atoms with Gasteiger partial charge in [0, 0.05) is 57.3 Å². The van der Waals surface area contributed by atoms with Crippen molar-refractivity contribution in [2.75, 3.05) is 39.8 Å². The van der Waals surface area contributed by atoms with Gasteiger partial charge in [0.15, 0.2) is 0 Å². The van der Waals surface area contributed by atoms with Crippen LogP contribution in [0.15, 0.2) is 11.3 Å². The summed E-state index contributed by atoms with van der Waals surface area (Å²) in [5.74, 6) is -0.809. The molecule has 3 aliphatic heterocycles. The minimum atomic E-state index is -0.550. The third-order valence-electron chi connectivity index (χ3n) is 7.07. The molecule has 0 spiro atoms. The topological polar surface area (TPSA) is 99.3 Å². The maximum atomic E-state index is 13.2. The highest BCUT2D eigenvalue weighted by Gasteiger charge is 2.46. The summed E-state index contributed by atoms with van der Waals surface area (Å²) in [5, 5.41) is 2.74. The standard InChI is InChI=1S/C22H32N4O5/c1-3-31-22(30)18-19(14-6-4-5-7-16(14)24(2)21(18)29)25-10-12-26(13-11-25)20(28)15-8-9-17(27)23-15/h14-16H,3-13H2,1-2H3,(H,23,27). The van der Waals surface area contributed by atoms with E-state index in [0.29, 0.717) is 39.0 Å². The van der Waals surface area contributed by atoms with Crippen molar-refractivity contribution in [1.82, 2.24) is 20.0 Å². The van der Waals surface area contributed by atoms with Gasteiger partial charge in [0.1, 0.15) is 11.6 Å². The fourth-order valence-electron chi connectivity index (χ4n) is 5.49. The summed E-state index contributed by atoms with van der Waals surface area (Å²) in [6, 6.07) is -0.330. The van der Waals surface area contributed by atoms with Crippen LogP contribution in [0.3, 0.4) is 0 Å². The van der Waals surface area contributed by atoms with Crippen LogP contribution in [0.5, 0.6) is 0 Å². The van der Waals surface area contributed by atoms with E-state index in [0.717, 1.165) is 31.4 Å². The highest BCUT2D eigenvalue weighted by Crippen LogP contribution is 2.40. The van der Waals surface area contributed by atoms with Crippen molar-refractivity contribution in [3.63, 3.8) is 0 Å². The highest BCUT2D eigenvalue weighted by molar-refractivity contribution is 6.17. The second-order valence-electron chi connectivity index (χ2n) is 8.83. The fourth-order valence-corrected chi connectivity index (χ4v) is 5.49. The number of amides is 3. The number of carbonyl (C=O) groups excluding carboxylic acids is 4. The smallest absolute Gasteiger partial charge is 0.345 e. The van der Waals surface area contributed by atoms with Crippen LogP contribution in [0.25, 0.3) is 0 Å². The third kappa shape index (κ3) is 4.02. The van der Waals surface area contributed by atoms with Gasteiger partial charge in [-0.3, -0.25) is 14.4 Å². The maximum Gasteiger partial charge on any atom is 0.345 e. The van der Waals surface area contributed by atoms with Crippen molar-refractivity contribution in [3.8, 4) is 0 Å². The zero-order valence-electron chi connectivity index (χ0n) is 18.4. The lowest BCUT2D eigenvalue weighted by Gasteiger charge is -2.48. The van der Waals surface area contributed by atoms with Crippen LogP contribution in [0.2, 0.25) is 0 Å². The number of fused-ring (bicyclic) bond motifs is 1. The summed E-state index contributed by atoms with van der Waals surface area (Å²) >= 11 is 0. The molecule has 0 bridgehead atoms. The minimum absolute atomic E-state index is 0.0416. The molecule has 1 N–H and O–H groups in total. The lowest BCUT2D eigenvalue weighted by molar-refractivity contribution is -0.145. The van der Waals surface area contributed by atoms with Crippen LogP contribution in [-0.2, 0) is 23.9 Å². The molecule has 0 aromatic carbocycles. The van der Waals surface area contributed by atoms with Gasteiger partial charge in [-0.25, -0.2) is 4.79 Å². The molecule has 3 heterocycles. The molecule has 0 aromatic heterocycles. The van der Waals surface area contributed by atoms with Gasteiger partial charge in [-0.15, -0.1) is 0 Å². The van der Waals surface area contributed by atoms with E-state index in [1.807, 2.05) is 0 Å². The van der Waals surface area contributed by atoms with Crippen LogP contribution in [0.1, 0.15) is 45.4 Å². The van der Waals surface area contributed by atoms with Crippen molar-refractivity contribution in [1.29, 1.82) is 0 Å². The third-order valence-corrected chi connectivity index (χ3v) is 7.07. The zero-order chi connectivity index (χ0) is 22.1. The summed E-state index contributed by atoms with van der Waals surface area (Å²) in [4.78, 5) is 55.8. The van der Waals surface area contributed by atoms with E-state index in [2.05, 4.69) is 10.2 Å². The summed E-state index contributed by atoms with van der Waals surface area (Å²) in [7, 11) is 1.79. The Hall–Kier alpha value is -2.58. The SMILES string of the molecule is CCOC(=O)C1=C(N2CCN(C(=O)C3CCC(=O)N3)CC2)C2CCCCC2N(C)C1=O. The van der Waals surface area contributed by atoms with E-state index in [9.17, 15) is 19.2 Å². The monoisotopic (exact) mass is 432 g/mol. The van der Waals surface area contributed by atoms with Crippen molar-refractivity contribution in [2.24, 2.45) is 5.92 Å². The number of esters is 1. The number of hydrogen-bond acceptors (Lipinski definition) is 6. The van der Waals surface area contributed by atoms with Gasteiger partial charge in [0.2, 0.25) is 11.8 Å². The first-order chi connectivity index (χ1) is 14.9. The van der Waals surface area contributed by atoms with E-state index in [4.69, 9.17) is 4.74 Å². The predicted octanol–water partition coefficient (Wildman–Crippen LogP) is 0.257. The summed E-state index contributed by atoms with van der Waals surface area (Å²) in [6.07, 6.45) is 4.96. The Bertz CT molecular complexity index is 802. The highest BCUT2D eigenvalue weighted by atomic mass is 16.5. The van der Waals surface area contributed by atoms with Gasteiger partial charge in [-0.05, 0) is 26.2 Å². The first-order valence-corrected chi connectivity index (χ1v) is 11.4. The number of nitrogens with zero attached hydrogens (tertiary/aromatic N) is 3. The average molecular weight is 433 g/mol. The molecular weight excluding hydrogens is 400 g/mol. The Morgan fingerprint density at radius 2 is 1.77 bits per heavy atom. The second-order valence-corrected chi connectivity index (χ2v) is 8.83. The number of hydrogen-bond donors (Lipinski definition) is 1. The van der Waals surface area contributed by atoms with Gasteiger partial charge in [-0.2, -0.15) is 0 Å². The van der Waals surface area contributed by atoms with E-state index >= 15 is 0 Å². The molecule has 0 aromatic rings. The molecule has 2 saturated heterocycles. The van der Waals surface area contributed by atoms with Crippen LogP contribution in [-0.4, -0.2) is 90.3 Å². The molecule has 3 atom stereocenters. The van der Waals surface area contributed by atoms with E-state index in [1.54, 1.807) is 23.8 Å². The van der Waals surface area contributed by atoms with Crippen LogP contribution < -0.4 is 5.32 Å². The van der Waals surface area contributed by atoms with Crippen LogP contribution >= 0.6 is 0 Å². The van der Waals surface area contributed by atoms with Crippen LogP contribution in [0, 0.1) is 5.92 Å². The quantitative estimate of drug-likeness (QED) is 0.505. The number of piperazine rings is 1. The summed E-state index contributed by atoms with van der Waals surface area (Å²) in [5.41, 5.74) is 0.975. The Morgan fingerprint density at radius 1 is 1.06 bits per heavy atom. The molecule has 9 heteroatoms. The van der Waals surface area contributed by atoms with Crippen molar-refractivity contribution < 1.29 is 23.9 Å². The van der Waals surface area contributed by atoms with Gasteiger partial charge in [0.25, 0.3) is 5.91 Å². The molecule has 170 valence electrons. The van der Waals surface area contributed by atoms with Crippen LogP contribution in [0.4, 0.5) is 0 Å². The summed E-state index contributed by atoms with van der Waals surface area (Å²) < 4.78 is 5.26. The van der Waals surface area contributed by atoms with E-state index in [-0.39, 0.29) is 41.9 Å². The molecule has 3 amide bonds. The fraction of sp³-hybridized carbons (Fsp3) is 0.727.